The molecule has 1 atom stereocenters. The number of carbonyl (C=O) groups is 3. The quantitative estimate of drug-likeness (QED) is 0.394. The zero-order valence-electron chi connectivity index (χ0n) is 19.9. The molecule has 0 saturated carbocycles. The molecule has 0 saturated heterocycles. The number of aliphatic carboxylic acids is 1. The minimum Gasteiger partial charge on any atom is -0.481 e. The zero-order chi connectivity index (χ0) is 25.5. The normalized spacial score (nSPS) is 14.9. The predicted octanol–water partition coefficient (Wildman–Crippen LogP) is 4.72. The topological polar surface area (TPSA) is 125 Å². The lowest BCUT2D eigenvalue weighted by atomic mass is 10.0. The number of benzene rings is 2. The number of hydrogen-bond donors (Lipinski definition) is 3. The highest BCUT2D eigenvalue weighted by atomic mass is 16.5. The molecule has 0 aliphatic carbocycles. The van der Waals surface area contributed by atoms with Crippen LogP contribution < -0.4 is 10.6 Å². The Morgan fingerprint density at radius 3 is 2.61 bits per heavy atom. The van der Waals surface area contributed by atoms with Crippen LogP contribution >= 0.6 is 0 Å². The SMILES string of the molecule is Cc1ccccc1NC(=O)Nc1ccc(CC(=O)N2CC=CCC2c2cc(CCC(=O)O)on2)cc1. The number of nitrogens with one attached hydrogen (secondary N) is 2. The van der Waals surface area contributed by atoms with Gasteiger partial charge in [-0.2, -0.15) is 0 Å². The monoisotopic (exact) mass is 488 g/mol. The molecule has 3 amide bonds. The van der Waals surface area contributed by atoms with Crippen LogP contribution in [0.4, 0.5) is 16.2 Å². The number of hydrogen-bond acceptors (Lipinski definition) is 5. The standard InChI is InChI=1S/C27H28N4O5/c1-18-6-2-3-7-22(18)29-27(35)28-20-11-9-19(10-12-20)16-25(32)31-15-5-4-8-24(31)23-17-21(36-30-23)13-14-26(33)34/h2-7,9-12,17,24H,8,13-16H2,1H3,(H,33,34)(H2,28,29,35). The molecule has 9 nitrogen and oxygen atoms in total. The second kappa shape index (κ2) is 11.4. The number of aryl methyl sites for hydroxylation is 2. The van der Waals surface area contributed by atoms with E-state index < -0.39 is 5.97 Å². The van der Waals surface area contributed by atoms with E-state index in [0.29, 0.717) is 30.1 Å². The summed E-state index contributed by atoms with van der Waals surface area (Å²) in [5.74, 6) is -0.472. The van der Waals surface area contributed by atoms with Gasteiger partial charge in [-0.15, -0.1) is 0 Å². The van der Waals surface area contributed by atoms with Gasteiger partial charge in [0.25, 0.3) is 0 Å². The summed E-state index contributed by atoms with van der Waals surface area (Å²) in [4.78, 5) is 38.0. The van der Waals surface area contributed by atoms with Crippen LogP contribution in [0.1, 0.15) is 41.5 Å². The lowest BCUT2D eigenvalue weighted by Crippen LogP contribution is -2.37. The van der Waals surface area contributed by atoms with Gasteiger partial charge in [-0.05, 0) is 42.7 Å². The van der Waals surface area contributed by atoms with Crippen molar-refractivity contribution in [1.82, 2.24) is 10.1 Å². The Hall–Kier alpha value is -4.40. The van der Waals surface area contributed by atoms with Crippen LogP contribution in [0.25, 0.3) is 0 Å². The van der Waals surface area contributed by atoms with E-state index >= 15 is 0 Å². The highest BCUT2D eigenvalue weighted by Gasteiger charge is 2.28. The van der Waals surface area contributed by atoms with Crippen LogP contribution in [0, 0.1) is 6.92 Å². The van der Waals surface area contributed by atoms with Crippen molar-refractivity contribution in [3.05, 3.63) is 89.3 Å². The highest BCUT2D eigenvalue weighted by Crippen LogP contribution is 2.28. The van der Waals surface area contributed by atoms with Gasteiger partial charge in [0.1, 0.15) is 11.5 Å². The summed E-state index contributed by atoms with van der Waals surface area (Å²) in [6.45, 7) is 2.38. The number of carboxylic acids is 1. The molecule has 3 N–H and O–H groups in total. The molecule has 2 heterocycles. The van der Waals surface area contributed by atoms with Gasteiger partial charge < -0.3 is 25.2 Å². The van der Waals surface area contributed by atoms with Gasteiger partial charge in [-0.1, -0.05) is 47.6 Å². The third-order valence-electron chi connectivity index (χ3n) is 5.99. The maximum atomic E-state index is 13.1. The first-order chi connectivity index (χ1) is 17.4. The first-order valence-electron chi connectivity index (χ1n) is 11.7. The average molecular weight is 489 g/mol. The first-order valence-corrected chi connectivity index (χ1v) is 11.7. The third-order valence-corrected chi connectivity index (χ3v) is 5.99. The number of anilines is 2. The lowest BCUT2D eigenvalue weighted by molar-refractivity contribution is -0.137. The minimum atomic E-state index is -0.904. The number of carboxylic acid groups (broad SMARTS) is 1. The van der Waals surface area contributed by atoms with Crippen molar-refractivity contribution in [2.45, 2.75) is 38.6 Å². The van der Waals surface area contributed by atoms with Gasteiger partial charge in [-0.25, -0.2) is 4.79 Å². The molecule has 0 bridgehead atoms. The lowest BCUT2D eigenvalue weighted by Gasteiger charge is -2.31. The van der Waals surface area contributed by atoms with Gasteiger partial charge in [0, 0.05) is 30.4 Å². The second-order valence-corrected chi connectivity index (χ2v) is 8.65. The maximum absolute atomic E-state index is 13.1. The maximum Gasteiger partial charge on any atom is 0.323 e. The second-order valence-electron chi connectivity index (χ2n) is 8.65. The number of amides is 3. The molecule has 2 aromatic carbocycles. The van der Waals surface area contributed by atoms with Crippen molar-refractivity contribution in [2.75, 3.05) is 17.2 Å². The summed E-state index contributed by atoms with van der Waals surface area (Å²) in [7, 11) is 0. The van der Waals surface area contributed by atoms with E-state index in [2.05, 4.69) is 15.8 Å². The Morgan fingerprint density at radius 1 is 1.08 bits per heavy atom. The Labute approximate surface area is 208 Å². The summed E-state index contributed by atoms with van der Waals surface area (Å²) >= 11 is 0. The number of nitrogens with zero attached hydrogens (tertiary/aromatic N) is 2. The molecule has 9 heteroatoms. The van der Waals surface area contributed by atoms with Crippen molar-refractivity contribution in [3.8, 4) is 0 Å². The average Bonchev–Trinajstić information content (AvgIpc) is 3.34. The molecule has 3 aromatic rings. The van der Waals surface area contributed by atoms with E-state index in [1.807, 2.05) is 55.5 Å². The smallest absolute Gasteiger partial charge is 0.323 e. The van der Waals surface area contributed by atoms with Crippen LogP contribution in [0.15, 0.2) is 71.3 Å². The van der Waals surface area contributed by atoms with E-state index in [9.17, 15) is 14.4 Å². The fraction of sp³-hybridized carbons (Fsp3) is 0.259. The molecule has 1 aliphatic rings. The van der Waals surface area contributed by atoms with E-state index in [0.717, 1.165) is 16.8 Å². The Morgan fingerprint density at radius 2 is 1.86 bits per heavy atom. The zero-order valence-corrected chi connectivity index (χ0v) is 19.9. The first kappa shape index (κ1) is 24.7. The van der Waals surface area contributed by atoms with Gasteiger partial charge in [0.15, 0.2) is 0 Å². The molecule has 1 unspecified atom stereocenters. The van der Waals surface area contributed by atoms with Gasteiger partial charge in [0.05, 0.1) is 18.9 Å². The predicted molar refractivity (Wildman–Crippen MR) is 135 cm³/mol. The van der Waals surface area contributed by atoms with Crippen LogP contribution in [0.5, 0.6) is 0 Å². The molecular formula is C27H28N4O5. The van der Waals surface area contributed by atoms with Crippen molar-refractivity contribution < 1.29 is 24.0 Å². The van der Waals surface area contributed by atoms with Crippen LogP contribution in [-0.2, 0) is 22.4 Å². The van der Waals surface area contributed by atoms with E-state index in [1.165, 1.54) is 0 Å². The van der Waals surface area contributed by atoms with E-state index in [4.69, 9.17) is 9.63 Å². The van der Waals surface area contributed by atoms with Gasteiger partial charge in [0.2, 0.25) is 5.91 Å². The number of urea groups is 1. The largest absolute Gasteiger partial charge is 0.481 e. The Kier molecular flexibility index (Phi) is 7.79. The summed E-state index contributed by atoms with van der Waals surface area (Å²) in [6, 6.07) is 15.8. The molecule has 0 spiro atoms. The Balaban J connectivity index is 1.35. The van der Waals surface area contributed by atoms with E-state index in [1.54, 1.807) is 23.1 Å². The molecule has 1 aliphatic heterocycles. The minimum absolute atomic E-state index is 0.0414. The molecule has 1 aromatic heterocycles. The number of rotatable bonds is 8. The van der Waals surface area contributed by atoms with Crippen molar-refractivity contribution >= 4 is 29.3 Å². The van der Waals surface area contributed by atoms with Crippen LogP contribution in [0.2, 0.25) is 0 Å². The summed E-state index contributed by atoms with van der Waals surface area (Å²) in [6.07, 6.45) is 4.96. The molecule has 0 radical (unpaired) electrons. The van der Waals surface area contributed by atoms with Crippen molar-refractivity contribution in [1.29, 1.82) is 0 Å². The van der Waals surface area contributed by atoms with Gasteiger partial charge in [-0.3, -0.25) is 9.59 Å². The fourth-order valence-electron chi connectivity index (χ4n) is 4.04. The summed E-state index contributed by atoms with van der Waals surface area (Å²) in [5, 5.41) is 18.6. The molecule has 36 heavy (non-hydrogen) atoms. The number of para-hydroxylation sites is 1. The van der Waals surface area contributed by atoms with Gasteiger partial charge >= 0.3 is 12.0 Å². The molecule has 186 valence electrons. The fourth-order valence-corrected chi connectivity index (χ4v) is 4.04. The molecule has 4 rings (SSSR count). The summed E-state index contributed by atoms with van der Waals surface area (Å²) < 4.78 is 5.29. The van der Waals surface area contributed by atoms with E-state index in [-0.39, 0.29) is 37.2 Å². The Bertz CT molecular complexity index is 1270. The highest BCUT2D eigenvalue weighted by molar-refractivity contribution is 6.00. The summed E-state index contributed by atoms with van der Waals surface area (Å²) in [5.41, 5.74) is 3.76. The third kappa shape index (κ3) is 6.38. The molecule has 0 fully saturated rings. The van der Waals surface area contributed by atoms with Crippen LogP contribution in [0.3, 0.4) is 0 Å². The number of carbonyl (C=O) groups excluding carboxylic acids is 2. The number of aromatic nitrogens is 1. The van der Waals surface area contributed by atoms with Crippen molar-refractivity contribution in [3.63, 3.8) is 0 Å². The van der Waals surface area contributed by atoms with Crippen LogP contribution in [-0.4, -0.2) is 39.6 Å². The van der Waals surface area contributed by atoms with Crippen molar-refractivity contribution in [2.24, 2.45) is 0 Å². The molecular weight excluding hydrogens is 460 g/mol.